The highest BCUT2D eigenvalue weighted by atomic mass is 35.5. The molecule has 3 aromatic carbocycles. The number of nitro groups is 1. The van der Waals surface area contributed by atoms with E-state index in [9.17, 15) is 14.9 Å². The van der Waals surface area contributed by atoms with Crippen molar-refractivity contribution in [2.45, 2.75) is 13.0 Å². The van der Waals surface area contributed by atoms with Gasteiger partial charge in [0.05, 0.1) is 22.1 Å². The fraction of sp³-hybridized carbons (Fsp3) is 0.0952. The van der Waals surface area contributed by atoms with Gasteiger partial charge in [0, 0.05) is 24.4 Å². The third kappa shape index (κ3) is 5.31. The van der Waals surface area contributed by atoms with E-state index in [0.29, 0.717) is 22.8 Å². The second-order valence-corrected chi connectivity index (χ2v) is 6.59. The van der Waals surface area contributed by atoms with Crippen molar-refractivity contribution < 1.29 is 9.72 Å². The molecular weight excluding hydrogens is 378 g/mol. The van der Waals surface area contributed by atoms with E-state index in [4.69, 9.17) is 11.6 Å². The average Bonchev–Trinajstić information content (AvgIpc) is 2.68. The number of non-ortho nitro benzene ring substituents is 1. The first kappa shape index (κ1) is 19.4. The van der Waals surface area contributed by atoms with Crippen LogP contribution in [0.3, 0.4) is 0 Å². The number of amides is 1. The number of nitro benzene ring substituents is 1. The first-order valence-corrected chi connectivity index (χ1v) is 8.99. The molecule has 0 aliphatic carbocycles. The lowest BCUT2D eigenvalue weighted by atomic mass is 10.1. The van der Waals surface area contributed by atoms with E-state index in [1.165, 1.54) is 12.1 Å². The Hall–Kier alpha value is -3.38. The fourth-order valence-electron chi connectivity index (χ4n) is 2.66. The van der Waals surface area contributed by atoms with Crippen LogP contribution in [0.15, 0.2) is 72.8 Å². The molecule has 0 atom stereocenters. The molecule has 6 nitrogen and oxygen atoms in total. The third-order valence-corrected chi connectivity index (χ3v) is 4.40. The summed E-state index contributed by atoms with van der Waals surface area (Å²) >= 11 is 6.31. The quantitative estimate of drug-likeness (QED) is 0.433. The van der Waals surface area contributed by atoms with Gasteiger partial charge in [-0.15, -0.1) is 0 Å². The molecule has 0 heterocycles. The van der Waals surface area contributed by atoms with Gasteiger partial charge in [-0.1, -0.05) is 54.1 Å². The predicted octanol–water partition coefficient (Wildman–Crippen LogP) is 5.04. The fourth-order valence-corrected chi connectivity index (χ4v) is 2.90. The van der Waals surface area contributed by atoms with Crippen molar-refractivity contribution in [3.63, 3.8) is 0 Å². The number of nitrogens with one attached hydrogen (secondary N) is 2. The second kappa shape index (κ2) is 9.01. The molecule has 28 heavy (non-hydrogen) atoms. The van der Waals surface area contributed by atoms with Crippen molar-refractivity contribution in [1.29, 1.82) is 0 Å². The normalized spacial score (nSPS) is 10.3. The molecule has 0 aliphatic rings. The zero-order valence-electron chi connectivity index (χ0n) is 14.9. The van der Waals surface area contributed by atoms with Gasteiger partial charge >= 0.3 is 0 Å². The van der Waals surface area contributed by atoms with Gasteiger partial charge in [0.25, 0.3) is 5.69 Å². The average molecular weight is 396 g/mol. The Morgan fingerprint density at radius 2 is 1.68 bits per heavy atom. The van der Waals surface area contributed by atoms with Crippen LogP contribution in [0.4, 0.5) is 17.1 Å². The summed E-state index contributed by atoms with van der Waals surface area (Å²) in [5, 5.41) is 17.2. The van der Waals surface area contributed by atoms with Gasteiger partial charge in [-0.3, -0.25) is 14.9 Å². The van der Waals surface area contributed by atoms with Crippen LogP contribution in [-0.4, -0.2) is 10.8 Å². The van der Waals surface area contributed by atoms with Crippen molar-refractivity contribution >= 4 is 34.6 Å². The molecule has 3 rings (SSSR count). The Balaban J connectivity index is 1.57. The minimum atomic E-state index is -0.473. The van der Waals surface area contributed by atoms with E-state index in [1.807, 2.05) is 36.4 Å². The van der Waals surface area contributed by atoms with Crippen LogP contribution in [0.25, 0.3) is 0 Å². The number of nitrogens with zero attached hydrogens (tertiary/aromatic N) is 1. The van der Waals surface area contributed by atoms with Gasteiger partial charge in [0.2, 0.25) is 5.91 Å². The zero-order valence-corrected chi connectivity index (χ0v) is 15.6. The summed E-state index contributed by atoms with van der Waals surface area (Å²) in [6.45, 7) is 0.645. The number of hydrogen-bond donors (Lipinski definition) is 2. The van der Waals surface area contributed by atoms with E-state index >= 15 is 0 Å². The molecule has 0 aliphatic heterocycles. The first-order chi connectivity index (χ1) is 13.5. The minimum absolute atomic E-state index is 0.00506. The van der Waals surface area contributed by atoms with Gasteiger partial charge in [-0.2, -0.15) is 0 Å². The van der Waals surface area contributed by atoms with E-state index in [1.54, 1.807) is 24.3 Å². The second-order valence-electron chi connectivity index (χ2n) is 6.18. The lowest BCUT2D eigenvalue weighted by molar-refractivity contribution is -0.384. The van der Waals surface area contributed by atoms with Crippen LogP contribution >= 0.6 is 11.6 Å². The molecule has 0 radical (unpaired) electrons. The van der Waals surface area contributed by atoms with E-state index in [0.717, 1.165) is 11.3 Å². The number of anilines is 2. The topological polar surface area (TPSA) is 84.3 Å². The molecule has 7 heteroatoms. The summed E-state index contributed by atoms with van der Waals surface area (Å²) in [4.78, 5) is 22.4. The van der Waals surface area contributed by atoms with Crippen molar-refractivity contribution in [1.82, 2.24) is 0 Å². The summed E-state index contributed by atoms with van der Waals surface area (Å²) in [7, 11) is 0. The highest BCUT2D eigenvalue weighted by Crippen LogP contribution is 2.26. The summed E-state index contributed by atoms with van der Waals surface area (Å²) in [6.07, 6.45) is 0.115. The van der Waals surface area contributed by atoms with Crippen molar-refractivity contribution in [3.8, 4) is 0 Å². The molecule has 0 unspecified atom stereocenters. The molecule has 1 amide bonds. The van der Waals surface area contributed by atoms with E-state index in [2.05, 4.69) is 10.6 Å². The number of hydrogen-bond acceptors (Lipinski definition) is 4. The molecule has 0 fully saturated rings. The molecule has 0 spiro atoms. The Kier molecular flexibility index (Phi) is 6.24. The van der Waals surface area contributed by atoms with Crippen LogP contribution in [0.5, 0.6) is 0 Å². The van der Waals surface area contributed by atoms with Crippen molar-refractivity contribution in [2.75, 3.05) is 10.6 Å². The van der Waals surface area contributed by atoms with E-state index < -0.39 is 4.92 Å². The van der Waals surface area contributed by atoms with Crippen LogP contribution < -0.4 is 10.6 Å². The van der Waals surface area contributed by atoms with Gasteiger partial charge in [0.15, 0.2) is 0 Å². The first-order valence-electron chi connectivity index (χ1n) is 8.62. The monoisotopic (exact) mass is 395 g/mol. The number of carbonyl (C=O) groups excluding carboxylic acids is 1. The van der Waals surface area contributed by atoms with Crippen molar-refractivity contribution in [3.05, 3.63) is 99.1 Å². The summed E-state index contributed by atoms with van der Waals surface area (Å²) in [5.41, 5.74) is 3.19. The Labute approximate surface area is 167 Å². The van der Waals surface area contributed by atoms with Crippen LogP contribution in [0.2, 0.25) is 5.02 Å². The molecule has 0 bridgehead atoms. The highest BCUT2D eigenvalue weighted by Gasteiger charge is 2.09. The maximum Gasteiger partial charge on any atom is 0.269 e. The predicted molar refractivity (Wildman–Crippen MR) is 111 cm³/mol. The largest absolute Gasteiger partial charge is 0.380 e. The van der Waals surface area contributed by atoms with Gasteiger partial charge in [-0.05, 0) is 29.3 Å². The molecule has 0 saturated carbocycles. The third-order valence-electron chi connectivity index (χ3n) is 4.09. The SMILES string of the molecule is O=C(Cc1ccc([N+](=O)[O-])cc1)Nc1ccc(NCc2ccccc2)c(Cl)c1. The molecule has 142 valence electrons. The van der Waals surface area contributed by atoms with Gasteiger partial charge < -0.3 is 10.6 Å². The van der Waals surface area contributed by atoms with Gasteiger partial charge in [-0.25, -0.2) is 0 Å². The Morgan fingerprint density at radius 1 is 0.964 bits per heavy atom. The lowest BCUT2D eigenvalue weighted by Gasteiger charge is -2.11. The number of benzene rings is 3. The molecule has 0 aromatic heterocycles. The number of carbonyl (C=O) groups is 1. The summed E-state index contributed by atoms with van der Waals surface area (Å²) < 4.78 is 0. The standard InChI is InChI=1S/C21H18ClN3O3/c22-19-13-17(8-11-20(19)23-14-16-4-2-1-3-5-16)24-21(26)12-15-6-9-18(10-7-15)25(27)28/h1-11,13,23H,12,14H2,(H,24,26). The molecule has 0 saturated heterocycles. The van der Waals surface area contributed by atoms with Crippen LogP contribution in [0.1, 0.15) is 11.1 Å². The molecular formula is C21H18ClN3O3. The molecule has 2 N–H and O–H groups in total. The van der Waals surface area contributed by atoms with E-state index in [-0.39, 0.29) is 18.0 Å². The lowest BCUT2D eigenvalue weighted by Crippen LogP contribution is -2.14. The maximum atomic E-state index is 12.2. The number of halogens is 1. The smallest absolute Gasteiger partial charge is 0.269 e. The Bertz CT molecular complexity index is 976. The number of rotatable bonds is 7. The summed E-state index contributed by atoms with van der Waals surface area (Å²) in [5.74, 6) is -0.227. The minimum Gasteiger partial charge on any atom is -0.380 e. The zero-order chi connectivity index (χ0) is 19.9. The van der Waals surface area contributed by atoms with Crippen molar-refractivity contribution in [2.24, 2.45) is 0 Å². The van der Waals surface area contributed by atoms with Crippen LogP contribution in [0, 0.1) is 10.1 Å². The van der Waals surface area contributed by atoms with Gasteiger partial charge in [0.1, 0.15) is 0 Å². The molecule has 3 aromatic rings. The Morgan fingerprint density at radius 3 is 2.32 bits per heavy atom. The van der Waals surface area contributed by atoms with Crippen LogP contribution in [-0.2, 0) is 17.8 Å². The maximum absolute atomic E-state index is 12.2. The summed E-state index contributed by atoms with van der Waals surface area (Å²) in [6, 6.07) is 21.1. The highest BCUT2D eigenvalue weighted by molar-refractivity contribution is 6.33.